The second kappa shape index (κ2) is 4.71. The first kappa shape index (κ1) is 8.69. The molecule has 4 aliphatic rings. The van der Waals surface area contributed by atoms with Gasteiger partial charge in [0.2, 0.25) is 0 Å². The van der Waals surface area contributed by atoms with Crippen LogP contribution in [0.2, 0.25) is 0 Å². The van der Waals surface area contributed by atoms with Crippen molar-refractivity contribution in [1.29, 1.82) is 0 Å². The summed E-state index contributed by atoms with van der Waals surface area (Å²) >= 11 is 0. The zero-order valence-electron chi connectivity index (χ0n) is 19.8. The first-order valence-corrected chi connectivity index (χ1v) is 8.06. The summed E-state index contributed by atoms with van der Waals surface area (Å²) in [6.45, 7) is 1.88. The minimum Gasteiger partial charge on any atom is -0.377 e. The summed E-state index contributed by atoms with van der Waals surface area (Å²) < 4.78 is 59.6. The molecule has 0 spiro atoms. The molecule has 4 aliphatic carbocycles. The fourth-order valence-electron chi connectivity index (χ4n) is 5.22. The number of rotatable bonds is 0. The molecule has 0 aromatic carbocycles. The fraction of sp³-hybridized carbons (Fsp3) is 0.750. The molecule has 0 heterocycles. The van der Waals surface area contributed by atoms with Gasteiger partial charge in [0.05, 0.1) is 1.37 Å². The molecular formula is C20H26O2. The third-order valence-corrected chi connectivity index (χ3v) is 6.59. The lowest BCUT2D eigenvalue weighted by atomic mass is 9.50. The van der Waals surface area contributed by atoms with E-state index in [0.717, 1.165) is 0 Å². The Bertz CT molecular complexity index is 861. The summed E-state index contributed by atoms with van der Waals surface area (Å²) in [6, 6.07) is -0.781. The fourth-order valence-corrected chi connectivity index (χ4v) is 5.22. The van der Waals surface area contributed by atoms with Crippen molar-refractivity contribution in [3.05, 3.63) is 11.6 Å². The molecule has 0 aliphatic heterocycles. The number of hydrogen-bond donors (Lipinski definition) is 1. The maximum atomic E-state index is 12.4. The summed E-state index contributed by atoms with van der Waals surface area (Å²) in [5.74, 6) is -1.80. The van der Waals surface area contributed by atoms with Crippen molar-refractivity contribution in [3.63, 3.8) is 0 Å². The number of aliphatic hydroxyl groups is 1. The first-order chi connectivity index (χ1) is 13.2. The van der Waals surface area contributed by atoms with Crippen LogP contribution in [0.25, 0.3) is 0 Å². The van der Waals surface area contributed by atoms with Crippen LogP contribution in [0.15, 0.2) is 11.6 Å². The number of ketones is 1. The lowest BCUT2D eigenvalue weighted by molar-refractivity contribution is -0.116. The number of allylic oxidation sites excluding steroid dienone is 1. The molecule has 0 bridgehead atoms. The summed E-state index contributed by atoms with van der Waals surface area (Å²) in [4.78, 5) is 12.4. The van der Waals surface area contributed by atoms with Crippen molar-refractivity contribution < 1.29 is 19.5 Å². The largest absolute Gasteiger partial charge is 0.377 e. The normalized spacial score (nSPS) is 66.8. The molecule has 22 heavy (non-hydrogen) atoms. The van der Waals surface area contributed by atoms with Crippen molar-refractivity contribution in [3.8, 4) is 12.3 Å². The predicted octanol–water partition coefficient (Wildman–Crippen LogP) is 3.49. The Balaban J connectivity index is 1.90. The highest BCUT2D eigenvalue weighted by atomic mass is 16.3. The second-order valence-electron chi connectivity index (χ2n) is 7.31. The van der Waals surface area contributed by atoms with Gasteiger partial charge in [-0.15, -0.1) is 6.42 Å². The van der Waals surface area contributed by atoms with Gasteiger partial charge in [-0.25, -0.2) is 0 Å². The third kappa shape index (κ3) is 1.75. The lowest BCUT2D eigenvalue weighted by Crippen LogP contribution is -2.52. The second-order valence-corrected chi connectivity index (χ2v) is 7.31. The molecule has 3 fully saturated rings. The van der Waals surface area contributed by atoms with Crippen LogP contribution in [0.1, 0.15) is 67.8 Å². The van der Waals surface area contributed by atoms with Crippen molar-refractivity contribution in [1.82, 2.24) is 0 Å². The van der Waals surface area contributed by atoms with Crippen LogP contribution in [-0.2, 0) is 4.79 Å². The molecule has 0 aromatic rings. The Hall–Kier alpha value is -1.07. The number of hydrogen-bond acceptors (Lipinski definition) is 2. The molecule has 4 rings (SSSR count). The number of carbonyl (C=O) groups excluding carboxylic acids is 1. The quantitative estimate of drug-likeness (QED) is 0.696. The SMILES string of the molecule is [2H]C1=C2C([2H])([2H])C([2H])[C@@H]3[C@H](CC[C@@]4(C)[C@H]3CC[C@@]4(O)C#C)[C@@]2([2H])CC([2H])([2H])C1=O. The van der Waals surface area contributed by atoms with E-state index in [1.165, 1.54) is 0 Å². The molecular weight excluding hydrogens is 272 g/mol. The highest BCUT2D eigenvalue weighted by molar-refractivity contribution is 5.91. The Morgan fingerprint density at radius 2 is 2.23 bits per heavy atom. The highest BCUT2D eigenvalue weighted by Crippen LogP contribution is 2.64. The van der Waals surface area contributed by atoms with Gasteiger partial charge in [0.15, 0.2) is 5.78 Å². The molecule has 0 radical (unpaired) electrons. The molecule has 2 heteroatoms. The topological polar surface area (TPSA) is 37.3 Å². The van der Waals surface area contributed by atoms with Crippen molar-refractivity contribution in [2.24, 2.45) is 29.1 Å². The van der Waals surface area contributed by atoms with Crippen LogP contribution in [0, 0.1) is 41.4 Å². The Labute approximate surface area is 143 Å². The predicted molar refractivity (Wildman–Crippen MR) is 85.9 cm³/mol. The molecule has 0 saturated heterocycles. The minimum atomic E-state index is -2.41. The maximum Gasteiger partial charge on any atom is 0.155 e. The summed E-state index contributed by atoms with van der Waals surface area (Å²) in [6.07, 6.45) is 0.718. The van der Waals surface area contributed by atoms with Crippen LogP contribution in [0.4, 0.5) is 0 Å². The van der Waals surface area contributed by atoms with E-state index in [9.17, 15) is 11.3 Å². The van der Waals surface area contributed by atoms with Gasteiger partial charge in [0.1, 0.15) is 5.60 Å². The van der Waals surface area contributed by atoms with Gasteiger partial charge in [-0.3, -0.25) is 4.79 Å². The Kier molecular flexibility index (Phi) is 1.86. The average Bonchev–Trinajstić information content (AvgIpc) is 2.89. The van der Waals surface area contributed by atoms with Crippen molar-refractivity contribution in [2.75, 3.05) is 0 Å². The van der Waals surface area contributed by atoms with Gasteiger partial charge in [-0.1, -0.05) is 18.4 Å². The van der Waals surface area contributed by atoms with Crippen molar-refractivity contribution >= 4 is 5.78 Å². The van der Waals surface area contributed by atoms with E-state index in [4.69, 9.17) is 14.6 Å². The molecule has 7 atom stereocenters. The zero-order chi connectivity index (χ0) is 21.8. The Morgan fingerprint density at radius 3 is 3.00 bits per heavy atom. The minimum absolute atomic E-state index is 0.277. The van der Waals surface area contributed by atoms with Crippen LogP contribution in [0.3, 0.4) is 0 Å². The standard InChI is InChI=1S/C20H26O2/c1-3-20(22)11-9-18-17-6-4-13-12-14(21)5-7-15(13)16(17)8-10-19(18,20)2/h1,12,15-18,22H,4-11H2,2H3/t15-,16+,17+,18-,19-,20-/m0/s1/i4D2,5D2,6D,12D,15D/t6?,15-,16+,17+,18-,19-,20-. The number of fused-ring (bicyclic) bond motifs is 5. The van der Waals surface area contributed by atoms with Crippen LogP contribution < -0.4 is 0 Å². The van der Waals surface area contributed by atoms with Crippen LogP contribution in [-0.4, -0.2) is 16.5 Å². The van der Waals surface area contributed by atoms with E-state index in [0.29, 0.717) is 25.7 Å². The monoisotopic (exact) mass is 305 g/mol. The van der Waals surface area contributed by atoms with Gasteiger partial charge in [-0.05, 0) is 74.6 Å². The molecule has 0 aromatic heterocycles. The maximum absolute atomic E-state index is 12.4. The van der Waals surface area contributed by atoms with E-state index < -0.39 is 66.1 Å². The Morgan fingerprint density at radius 1 is 1.41 bits per heavy atom. The molecule has 0 amide bonds. The van der Waals surface area contributed by atoms with E-state index in [1.807, 2.05) is 6.92 Å². The lowest BCUT2D eigenvalue weighted by Gasteiger charge is -2.54. The molecule has 118 valence electrons. The van der Waals surface area contributed by atoms with Gasteiger partial charge >= 0.3 is 0 Å². The van der Waals surface area contributed by atoms with Crippen LogP contribution in [0.5, 0.6) is 0 Å². The van der Waals surface area contributed by atoms with E-state index in [2.05, 4.69) is 5.92 Å². The van der Waals surface area contributed by atoms with Gasteiger partial charge in [-0.2, -0.15) is 0 Å². The smallest absolute Gasteiger partial charge is 0.155 e. The summed E-state index contributed by atoms with van der Waals surface area (Å²) in [5, 5.41) is 11.0. The summed E-state index contributed by atoms with van der Waals surface area (Å²) in [5.41, 5.74) is -2.39. The molecule has 2 nitrogen and oxygen atoms in total. The molecule has 1 N–H and O–H groups in total. The average molecular weight is 305 g/mol. The number of carbonyl (C=O) groups is 1. The summed E-state index contributed by atoms with van der Waals surface area (Å²) in [7, 11) is 0. The zero-order valence-corrected chi connectivity index (χ0v) is 12.8. The third-order valence-electron chi connectivity index (χ3n) is 6.59. The van der Waals surface area contributed by atoms with Gasteiger partial charge < -0.3 is 5.11 Å². The van der Waals surface area contributed by atoms with E-state index in [1.54, 1.807) is 0 Å². The number of terminal acetylenes is 1. The van der Waals surface area contributed by atoms with Gasteiger partial charge in [0.25, 0.3) is 0 Å². The van der Waals surface area contributed by atoms with Crippen molar-refractivity contribution in [2.45, 2.75) is 63.8 Å². The molecule has 3 saturated carbocycles. The first-order valence-electron chi connectivity index (χ1n) is 11.6. The highest BCUT2D eigenvalue weighted by Gasteiger charge is 2.61. The van der Waals surface area contributed by atoms with E-state index in [-0.39, 0.29) is 11.5 Å². The molecule has 1 unspecified atom stereocenters. The van der Waals surface area contributed by atoms with Crippen LogP contribution >= 0.6 is 0 Å². The van der Waals surface area contributed by atoms with Gasteiger partial charge in [0, 0.05) is 20.0 Å². The van der Waals surface area contributed by atoms with E-state index >= 15 is 0 Å².